The van der Waals surface area contributed by atoms with E-state index in [9.17, 15) is 57.5 Å². The van der Waals surface area contributed by atoms with Crippen LogP contribution in [-0.4, -0.2) is 184 Å². The van der Waals surface area contributed by atoms with Gasteiger partial charge in [-0.25, -0.2) is 9.59 Å². The molecule has 16 N–H and O–H groups in total. The van der Waals surface area contributed by atoms with Gasteiger partial charge >= 0.3 is 65.7 Å². The molecule has 0 aliphatic rings. The van der Waals surface area contributed by atoms with Gasteiger partial charge in [0.15, 0.2) is 6.10 Å². The number of hydrogen-bond acceptors (Lipinski definition) is 17. The van der Waals surface area contributed by atoms with E-state index in [1.807, 2.05) is 0 Å². The van der Waals surface area contributed by atoms with Crippen LogP contribution in [0.15, 0.2) is 0 Å². The molecule has 0 aromatic carbocycles. The van der Waals surface area contributed by atoms with Crippen molar-refractivity contribution in [2.24, 2.45) is 0 Å². The summed E-state index contributed by atoms with van der Waals surface area (Å²) in [6.45, 7) is 16.7. The van der Waals surface area contributed by atoms with Crippen molar-refractivity contribution in [1.82, 2.24) is 0 Å². The number of rotatable bonds is 73. The monoisotopic (exact) mass is 1720 g/mol. The lowest BCUT2D eigenvalue weighted by molar-refractivity contribution is -0.164. The van der Waals surface area contributed by atoms with Crippen LogP contribution in [0.3, 0.4) is 0 Å². The molecule has 0 unspecified atom stereocenters. The van der Waals surface area contributed by atoms with Crippen molar-refractivity contribution in [3.8, 4) is 0 Å². The molecule has 0 spiro atoms. The molecule has 0 heterocycles. The third-order valence-corrected chi connectivity index (χ3v) is 18.3. The Morgan fingerprint density at radius 2 is 0.319 bits per heavy atom. The van der Waals surface area contributed by atoms with Gasteiger partial charge in [0.25, 0.3) is 0 Å². The van der Waals surface area contributed by atoms with E-state index >= 15 is 0 Å². The lowest BCUT2D eigenvalue weighted by Crippen LogP contribution is -2.48. The summed E-state index contributed by atoms with van der Waals surface area (Å²) >= 11 is 0. The summed E-state index contributed by atoms with van der Waals surface area (Å²) in [5.41, 5.74) is 0. The number of aliphatic hydroxyl groups excluding tert-OH is 5. The molecule has 0 aliphatic heterocycles. The number of carboxylic acids is 11. The number of aliphatic carboxylic acids is 11. The quantitative estimate of drug-likeness (QED) is 0.0199. The Balaban J connectivity index is -0.000000139. The largest absolute Gasteiger partial charge is 0.481 e. The summed E-state index contributed by atoms with van der Waals surface area (Å²) in [6, 6.07) is 0. The molecule has 28 nitrogen and oxygen atoms in total. The molecule has 0 radical (unpaired) electrons. The number of Topliss-reactive ketones (excluding diaryl/α,β-unsaturated/α-hetero) is 1. The second-order valence-electron chi connectivity index (χ2n) is 30.3. The molecule has 0 rings (SSSR count). The van der Waals surface area contributed by atoms with Crippen LogP contribution in [0.2, 0.25) is 0 Å². The minimum absolute atomic E-state index is 0.341. The molecule has 0 saturated carbocycles. The molecular formula is C91H178O28. The third kappa shape index (κ3) is 156. The predicted octanol–water partition coefficient (Wildman–Crippen LogP) is 21.7. The van der Waals surface area contributed by atoms with Crippen LogP contribution in [0.5, 0.6) is 0 Å². The zero-order valence-electron chi connectivity index (χ0n) is 75.7. The van der Waals surface area contributed by atoms with E-state index in [1.54, 1.807) is 0 Å². The highest BCUT2D eigenvalue weighted by atomic mass is 16.4. The highest BCUT2D eigenvalue weighted by molar-refractivity contribution is 6.32. The third-order valence-electron chi connectivity index (χ3n) is 18.3. The van der Waals surface area contributed by atoms with E-state index in [2.05, 4.69) is 55.4 Å². The average Bonchev–Trinajstić information content (AvgIpc) is 0.888. The van der Waals surface area contributed by atoms with Gasteiger partial charge < -0.3 is 81.7 Å². The normalized spacial score (nSPS) is 11.1. The van der Waals surface area contributed by atoms with E-state index in [1.165, 1.54) is 257 Å². The maximum atomic E-state index is 10.2. The van der Waals surface area contributed by atoms with Crippen LogP contribution in [0.4, 0.5) is 0 Å². The van der Waals surface area contributed by atoms with Crippen molar-refractivity contribution in [1.29, 1.82) is 0 Å². The van der Waals surface area contributed by atoms with Crippen molar-refractivity contribution < 1.29 is 139 Å². The van der Waals surface area contributed by atoms with Crippen LogP contribution >= 0.6 is 0 Å². The van der Waals surface area contributed by atoms with E-state index in [0.29, 0.717) is 51.4 Å². The minimum atomic E-state index is -2.20. The van der Waals surface area contributed by atoms with Crippen LogP contribution in [0.25, 0.3) is 0 Å². The number of ketones is 1. The molecular weight excluding hydrogens is 1540 g/mol. The molecule has 0 bridgehead atoms. The van der Waals surface area contributed by atoms with Gasteiger partial charge in [-0.2, -0.15) is 0 Å². The number of carbonyl (C=O) groups excluding carboxylic acids is 1. The highest BCUT2D eigenvalue weighted by Gasteiger charge is 2.34. The molecule has 0 aromatic heterocycles. The molecule has 119 heavy (non-hydrogen) atoms. The number of carboxylic acid groups (broad SMARTS) is 11. The predicted molar refractivity (Wildman–Crippen MR) is 470 cm³/mol. The van der Waals surface area contributed by atoms with E-state index in [0.717, 1.165) is 103 Å². The molecule has 710 valence electrons. The number of hydrogen-bond donors (Lipinski definition) is 16. The van der Waals surface area contributed by atoms with Gasteiger partial charge in [0.1, 0.15) is 18.3 Å². The smallest absolute Gasteiger partial charge is 0.372 e. The SMILES string of the molecule is CCCCCCCCCC(=O)O.CCCCCCCCCC(=O)O.CCCCCCCCCC(=O)O.CCCCCCCCCC(=O)O.CCCCCCCCCC(=O)O.CCCCCCCCCC(=O)O.CCCCCCCCCC(=O)O.CCCCCCCCCC(=O)O.O=C(O)CCC(=O)C(=O)O.O=C(O)[C@H](O)[C@@H](O)[C@H](O)[C@H](O)CO. The first-order chi connectivity index (χ1) is 56.6. The van der Waals surface area contributed by atoms with Gasteiger partial charge in [0, 0.05) is 57.8 Å². The zero-order chi connectivity index (χ0) is 92.6. The minimum Gasteiger partial charge on any atom is -0.481 e. The second kappa shape index (κ2) is 116. The summed E-state index contributed by atoms with van der Waals surface area (Å²) in [5, 5.41) is 135. The molecule has 28 heteroatoms. The Labute approximate surface area is 717 Å². The van der Waals surface area contributed by atoms with Gasteiger partial charge in [-0.1, -0.05) is 364 Å². The van der Waals surface area contributed by atoms with Crippen molar-refractivity contribution in [3.63, 3.8) is 0 Å². The highest BCUT2D eigenvalue weighted by Crippen LogP contribution is 2.15. The summed E-state index contributed by atoms with van der Waals surface area (Å²) in [4.78, 5) is 121. The standard InChI is InChI=1S/8C10H20O2.C6H12O7.C5H6O5/c8*1-2-3-4-5-6-7-8-9-10(11)12;7-1-2(8)3(9)4(10)5(11)6(12)13;6-3(5(9)10)1-2-4(7)8/h8*2-9H2,1H3,(H,11,12);2-5,7-11H,1H2,(H,12,13);1-2H2,(H,7,8)(H,9,10)/t;;;;;;;;2-,3-,4+,5-;/m........1./s1. The molecule has 0 aromatic rings. The zero-order valence-corrected chi connectivity index (χ0v) is 75.7. The molecule has 0 fully saturated rings. The van der Waals surface area contributed by atoms with E-state index in [4.69, 9.17) is 81.7 Å². The van der Waals surface area contributed by atoms with Crippen molar-refractivity contribution >= 4 is 71.4 Å². The fraction of sp³-hybridized carbons (Fsp3) is 0.868. The Morgan fingerprint density at radius 3 is 0.429 bits per heavy atom. The van der Waals surface area contributed by atoms with Gasteiger partial charge in [-0.05, 0) is 51.4 Å². The Morgan fingerprint density at radius 1 is 0.185 bits per heavy atom. The van der Waals surface area contributed by atoms with E-state index < -0.39 is 115 Å². The summed E-state index contributed by atoms with van der Waals surface area (Å²) in [6.07, 6.45) is 60.4. The molecule has 0 aliphatic carbocycles. The van der Waals surface area contributed by atoms with Crippen LogP contribution in [0.1, 0.15) is 479 Å². The fourth-order valence-electron chi connectivity index (χ4n) is 10.9. The van der Waals surface area contributed by atoms with Crippen molar-refractivity contribution in [3.05, 3.63) is 0 Å². The van der Waals surface area contributed by atoms with E-state index in [-0.39, 0.29) is 0 Å². The van der Waals surface area contributed by atoms with Gasteiger partial charge in [-0.3, -0.25) is 47.9 Å². The molecule has 0 amide bonds. The fourth-order valence-corrected chi connectivity index (χ4v) is 10.9. The number of aliphatic hydroxyl groups is 5. The lowest BCUT2D eigenvalue weighted by atomic mass is 10.0. The lowest BCUT2D eigenvalue weighted by Gasteiger charge is -2.23. The maximum absolute atomic E-state index is 10.2. The van der Waals surface area contributed by atoms with Crippen LogP contribution in [0, 0.1) is 0 Å². The second-order valence-corrected chi connectivity index (χ2v) is 30.3. The first-order valence-electron chi connectivity index (χ1n) is 45.9. The maximum Gasteiger partial charge on any atom is 0.372 e. The number of carbonyl (C=O) groups is 12. The summed E-state index contributed by atoms with van der Waals surface area (Å²) < 4.78 is 0. The molecule has 0 saturated heterocycles. The van der Waals surface area contributed by atoms with Gasteiger partial charge in [0.05, 0.1) is 13.0 Å². The van der Waals surface area contributed by atoms with Gasteiger partial charge in [0.2, 0.25) is 5.78 Å². The van der Waals surface area contributed by atoms with Gasteiger partial charge in [-0.15, -0.1) is 0 Å². The Kier molecular flexibility index (Phi) is 130. The summed E-state index contributed by atoms with van der Waals surface area (Å²) in [5.74, 6) is -10.9. The summed E-state index contributed by atoms with van der Waals surface area (Å²) in [7, 11) is 0. The van der Waals surface area contributed by atoms with Crippen LogP contribution < -0.4 is 0 Å². The van der Waals surface area contributed by atoms with Crippen molar-refractivity contribution in [2.75, 3.05) is 6.61 Å². The number of unbranched alkanes of at least 4 members (excludes halogenated alkanes) is 48. The Hall–Kier alpha value is -6.36. The van der Waals surface area contributed by atoms with Crippen molar-refractivity contribution in [2.45, 2.75) is 504 Å². The first kappa shape index (κ1) is 133. The first-order valence-corrected chi connectivity index (χ1v) is 45.9. The van der Waals surface area contributed by atoms with Crippen LogP contribution in [-0.2, 0) is 57.5 Å². The molecule has 4 atom stereocenters. The Bertz CT molecular complexity index is 1900. The topological polar surface area (TPSA) is 529 Å². The average molecular weight is 1720 g/mol.